The first kappa shape index (κ1) is 15.3. The van der Waals surface area contributed by atoms with Gasteiger partial charge in [0.25, 0.3) is 0 Å². The van der Waals surface area contributed by atoms with Crippen molar-refractivity contribution in [2.24, 2.45) is 7.05 Å². The Morgan fingerprint density at radius 1 is 1.35 bits per heavy atom. The van der Waals surface area contributed by atoms with E-state index in [4.69, 9.17) is 0 Å². The molecule has 0 amide bonds. The standard InChI is InChI=1S/C14H22BrN5/c1-9(2)16-6-12-7-17-20(11(12)4)8-13-14(15)10(3)18-19(13)5/h7,9,16H,6,8H2,1-5H3. The number of nitrogens with one attached hydrogen (secondary N) is 1. The Bertz CT molecular complexity index is 597. The number of hydrogen-bond acceptors (Lipinski definition) is 3. The summed E-state index contributed by atoms with van der Waals surface area (Å²) in [6.45, 7) is 9.99. The largest absolute Gasteiger partial charge is 0.310 e. The molecule has 0 bridgehead atoms. The van der Waals surface area contributed by atoms with Crippen LogP contribution in [0.1, 0.15) is 36.5 Å². The summed E-state index contributed by atoms with van der Waals surface area (Å²) in [6, 6.07) is 0.478. The molecule has 0 unspecified atom stereocenters. The molecule has 1 N–H and O–H groups in total. The van der Waals surface area contributed by atoms with E-state index in [1.54, 1.807) is 0 Å². The predicted molar refractivity (Wildman–Crippen MR) is 83.7 cm³/mol. The molecule has 20 heavy (non-hydrogen) atoms. The smallest absolute Gasteiger partial charge is 0.0842 e. The maximum atomic E-state index is 4.50. The molecule has 0 aliphatic rings. The fraction of sp³-hybridized carbons (Fsp3) is 0.571. The molecular formula is C14H22BrN5. The number of rotatable bonds is 5. The van der Waals surface area contributed by atoms with Gasteiger partial charge in [-0.05, 0) is 29.8 Å². The number of hydrogen-bond donors (Lipinski definition) is 1. The third-order valence-corrected chi connectivity index (χ3v) is 4.50. The molecule has 0 saturated carbocycles. The minimum Gasteiger partial charge on any atom is -0.310 e. The molecule has 0 spiro atoms. The summed E-state index contributed by atoms with van der Waals surface area (Å²) in [5.41, 5.74) is 4.59. The van der Waals surface area contributed by atoms with E-state index in [9.17, 15) is 0 Å². The maximum Gasteiger partial charge on any atom is 0.0842 e. The Labute approximate surface area is 128 Å². The third-order valence-electron chi connectivity index (χ3n) is 3.47. The van der Waals surface area contributed by atoms with Crippen LogP contribution in [0.25, 0.3) is 0 Å². The molecule has 0 aliphatic carbocycles. The van der Waals surface area contributed by atoms with Crippen molar-refractivity contribution in [2.75, 3.05) is 0 Å². The zero-order chi connectivity index (χ0) is 14.9. The van der Waals surface area contributed by atoms with Gasteiger partial charge < -0.3 is 5.32 Å². The second-order valence-corrected chi connectivity index (χ2v) is 6.21. The van der Waals surface area contributed by atoms with Crippen LogP contribution in [0.3, 0.4) is 0 Å². The lowest BCUT2D eigenvalue weighted by Gasteiger charge is -2.09. The van der Waals surface area contributed by atoms with Gasteiger partial charge in [-0.2, -0.15) is 10.2 Å². The van der Waals surface area contributed by atoms with Crippen molar-refractivity contribution < 1.29 is 0 Å². The Balaban J connectivity index is 2.18. The lowest BCUT2D eigenvalue weighted by molar-refractivity contribution is 0.581. The third kappa shape index (κ3) is 3.12. The molecule has 0 saturated heterocycles. The van der Waals surface area contributed by atoms with Crippen LogP contribution >= 0.6 is 15.9 Å². The van der Waals surface area contributed by atoms with E-state index in [0.717, 1.165) is 29.0 Å². The summed E-state index contributed by atoms with van der Waals surface area (Å²) in [5.74, 6) is 0. The van der Waals surface area contributed by atoms with E-state index in [-0.39, 0.29) is 0 Å². The second-order valence-electron chi connectivity index (χ2n) is 5.42. The van der Waals surface area contributed by atoms with Crippen LogP contribution in [0, 0.1) is 13.8 Å². The Hall–Kier alpha value is -1.14. The van der Waals surface area contributed by atoms with E-state index in [2.05, 4.69) is 52.2 Å². The van der Waals surface area contributed by atoms with Crippen LogP contribution in [-0.2, 0) is 20.1 Å². The fourth-order valence-electron chi connectivity index (χ4n) is 2.13. The fourth-order valence-corrected chi connectivity index (χ4v) is 2.59. The first-order valence-corrected chi connectivity index (χ1v) is 7.62. The Kier molecular flexibility index (Phi) is 4.65. The summed E-state index contributed by atoms with van der Waals surface area (Å²) in [5, 5.41) is 12.3. The van der Waals surface area contributed by atoms with Crippen LogP contribution in [0.2, 0.25) is 0 Å². The molecule has 0 aromatic carbocycles. The molecule has 0 aliphatic heterocycles. The molecule has 2 aromatic heterocycles. The zero-order valence-corrected chi connectivity index (χ0v) is 14.3. The molecule has 5 nitrogen and oxygen atoms in total. The normalized spacial score (nSPS) is 11.6. The van der Waals surface area contributed by atoms with E-state index in [0.29, 0.717) is 6.04 Å². The van der Waals surface area contributed by atoms with Crippen molar-refractivity contribution in [3.05, 3.63) is 33.3 Å². The van der Waals surface area contributed by atoms with Crippen molar-refractivity contribution >= 4 is 15.9 Å². The molecule has 6 heteroatoms. The maximum absolute atomic E-state index is 4.50. The summed E-state index contributed by atoms with van der Waals surface area (Å²) >= 11 is 3.60. The van der Waals surface area contributed by atoms with Gasteiger partial charge in [0.1, 0.15) is 0 Å². The highest BCUT2D eigenvalue weighted by Crippen LogP contribution is 2.21. The zero-order valence-electron chi connectivity index (χ0n) is 12.7. The number of aromatic nitrogens is 4. The molecule has 2 aromatic rings. The second kappa shape index (κ2) is 6.10. The quantitative estimate of drug-likeness (QED) is 0.910. The van der Waals surface area contributed by atoms with Gasteiger partial charge in [-0.1, -0.05) is 13.8 Å². The van der Waals surface area contributed by atoms with Gasteiger partial charge in [-0.3, -0.25) is 9.36 Å². The number of aryl methyl sites for hydroxylation is 2. The van der Waals surface area contributed by atoms with Crippen molar-refractivity contribution in [3.63, 3.8) is 0 Å². The van der Waals surface area contributed by atoms with Gasteiger partial charge in [0.2, 0.25) is 0 Å². The van der Waals surface area contributed by atoms with Crippen molar-refractivity contribution in [1.29, 1.82) is 0 Å². The average molecular weight is 340 g/mol. The Morgan fingerprint density at radius 2 is 2.05 bits per heavy atom. The van der Waals surface area contributed by atoms with Gasteiger partial charge >= 0.3 is 0 Å². The minimum atomic E-state index is 0.478. The summed E-state index contributed by atoms with van der Waals surface area (Å²) < 4.78 is 5.00. The Morgan fingerprint density at radius 3 is 2.60 bits per heavy atom. The van der Waals surface area contributed by atoms with E-state index >= 15 is 0 Å². The highest BCUT2D eigenvalue weighted by Gasteiger charge is 2.14. The molecule has 2 heterocycles. The van der Waals surface area contributed by atoms with Gasteiger partial charge in [-0.15, -0.1) is 0 Å². The van der Waals surface area contributed by atoms with Gasteiger partial charge in [0.05, 0.1) is 28.6 Å². The van der Waals surface area contributed by atoms with Crippen LogP contribution in [0.4, 0.5) is 0 Å². The summed E-state index contributed by atoms with van der Waals surface area (Å²) in [7, 11) is 1.97. The van der Waals surface area contributed by atoms with Crippen LogP contribution in [0.5, 0.6) is 0 Å². The minimum absolute atomic E-state index is 0.478. The molecule has 0 radical (unpaired) electrons. The van der Waals surface area contributed by atoms with Crippen molar-refractivity contribution in [3.8, 4) is 0 Å². The first-order chi connectivity index (χ1) is 9.40. The highest BCUT2D eigenvalue weighted by molar-refractivity contribution is 9.10. The molecule has 110 valence electrons. The number of nitrogens with zero attached hydrogens (tertiary/aromatic N) is 4. The van der Waals surface area contributed by atoms with E-state index in [1.165, 1.54) is 11.3 Å². The lowest BCUT2D eigenvalue weighted by Crippen LogP contribution is -2.22. The summed E-state index contributed by atoms with van der Waals surface area (Å²) in [4.78, 5) is 0. The SMILES string of the molecule is Cc1nn(C)c(Cn2ncc(CNC(C)C)c2C)c1Br. The van der Waals surface area contributed by atoms with Gasteiger partial charge in [0.15, 0.2) is 0 Å². The van der Waals surface area contributed by atoms with Crippen molar-refractivity contribution in [2.45, 2.75) is 46.8 Å². The monoisotopic (exact) mass is 339 g/mol. The van der Waals surface area contributed by atoms with Gasteiger partial charge in [-0.25, -0.2) is 0 Å². The van der Waals surface area contributed by atoms with Crippen LogP contribution in [0.15, 0.2) is 10.7 Å². The predicted octanol–water partition coefficient (Wildman–Crippen LogP) is 2.54. The molecule has 2 rings (SSSR count). The molecule has 0 fully saturated rings. The van der Waals surface area contributed by atoms with Gasteiger partial charge in [0, 0.05) is 30.9 Å². The first-order valence-electron chi connectivity index (χ1n) is 6.82. The summed E-state index contributed by atoms with van der Waals surface area (Å²) in [6.07, 6.45) is 1.95. The topological polar surface area (TPSA) is 47.7 Å². The molecule has 0 atom stereocenters. The van der Waals surface area contributed by atoms with E-state index < -0.39 is 0 Å². The lowest BCUT2D eigenvalue weighted by atomic mass is 10.2. The highest BCUT2D eigenvalue weighted by atomic mass is 79.9. The van der Waals surface area contributed by atoms with E-state index in [1.807, 2.05) is 29.5 Å². The molecular weight excluding hydrogens is 318 g/mol. The van der Waals surface area contributed by atoms with Crippen molar-refractivity contribution in [1.82, 2.24) is 24.9 Å². The number of halogens is 1. The van der Waals surface area contributed by atoms with Crippen LogP contribution < -0.4 is 5.32 Å². The average Bonchev–Trinajstić information content (AvgIpc) is 2.83. The van der Waals surface area contributed by atoms with Crippen LogP contribution in [-0.4, -0.2) is 25.6 Å².